The van der Waals surface area contributed by atoms with Crippen molar-refractivity contribution in [2.75, 3.05) is 21.3 Å². The van der Waals surface area contributed by atoms with E-state index >= 15 is 0 Å². The number of hydrogen-bond acceptors (Lipinski definition) is 4. The first-order chi connectivity index (χ1) is 9.19. The third-order valence-electron chi connectivity index (χ3n) is 3.95. The van der Waals surface area contributed by atoms with Crippen LogP contribution in [-0.4, -0.2) is 21.3 Å². The minimum absolute atomic E-state index is 0.0138. The summed E-state index contributed by atoms with van der Waals surface area (Å²) in [5.41, 5.74) is 7.31. The van der Waals surface area contributed by atoms with Gasteiger partial charge in [-0.15, -0.1) is 0 Å². The Kier molecular flexibility index (Phi) is 4.53. The Bertz CT molecular complexity index is 430. The Morgan fingerprint density at radius 3 is 2.11 bits per heavy atom. The van der Waals surface area contributed by atoms with Gasteiger partial charge in [0.05, 0.1) is 21.3 Å². The molecule has 1 aliphatic carbocycles. The second-order valence-corrected chi connectivity index (χ2v) is 5.09. The highest BCUT2D eigenvalue weighted by atomic mass is 16.5. The second kappa shape index (κ2) is 6.15. The van der Waals surface area contributed by atoms with E-state index in [-0.39, 0.29) is 6.04 Å². The van der Waals surface area contributed by atoms with Crippen molar-refractivity contribution in [1.82, 2.24) is 0 Å². The van der Waals surface area contributed by atoms with Crippen LogP contribution in [0.2, 0.25) is 0 Å². The molecule has 0 heterocycles. The first kappa shape index (κ1) is 14.0. The molecule has 1 aromatic carbocycles. The zero-order valence-corrected chi connectivity index (χ0v) is 11.9. The van der Waals surface area contributed by atoms with E-state index in [2.05, 4.69) is 0 Å². The molecule has 4 nitrogen and oxygen atoms in total. The zero-order chi connectivity index (χ0) is 13.8. The summed E-state index contributed by atoms with van der Waals surface area (Å²) in [6, 6.07) is 3.76. The van der Waals surface area contributed by atoms with Gasteiger partial charge in [-0.3, -0.25) is 0 Å². The van der Waals surface area contributed by atoms with Gasteiger partial charge in [-0.25, -0.2) is 0 Å². The average molecular weight is 265 g/mol. The fourth-order valence-corrected chi connectivity index (χ4v) is 2.56. The van der Waals surface area contributed by atoms with Crippen molar-refractivity contribution in [3.63, 3.8) is 0 Å². The van der Waals surface area contributed by atoms with Gasteiger partial charge in [-0.2, -0.15) is 0 Å². The van der Waals surface area contributed by atoms with Crippen LogP contribution in [-0.2, 0) is 0 Å². The van der Waals surface area contributed by atoms with Crippen LogP contribution in [0.4, 0.5) is 0 Å². The van der Waals surface area contributed by atoms with Crippen LogP contribution >= 0.6 is 0 Å². The van der Waals surface area contributed by atoms with E-state index in [0.717, 1.165) is 23.7 Å². The molecule has 1 atom stereocenters. The fourth-order valence-electron chi connectivity index (χ4n) is 2.56. The molecule has 19 heavy (non-hydrogen) atoms. The van der Waals surface area contributed by atoms with E-state index in [1.54, 1.807) is 21.3 Å². The Morgan fingerprint density at radius 2 is 1.63 bits per heavy atom. The molecule has 0 saturated heterocycles. The quantitative estimate of drug-likeness (QED) is 0.859. The number of hydrogen-bond donors (Lipinski definition) is 1. The van der Waals surface area contributed by atoms with Gasteiger partial charge in [-0.05, 0) is 18.4 Å². The van der Waals surface area contributed by atoms with Gasteiger partial charge >= 0.3 is 0 Å². The lowest BCUT2D eigenvalue weighted by Crippen LogP contribution is -2.20. The van der Waals surface area contributed by atoms with Crippen molar-refractivity contribution in [3.8, 4) is 17.2 Å². The van der Waals surface area contributed by atoms with Crippen LogP contribution in [0.3, 0.4) is 0 Å². The van der Waals surface area contributed by atoms with Gasteiger partial charge in [-0.1, -0.05) is 19.3 Å². The molecule has 0 aromatic heterocycles. The van der Waals surface area contributed by atoms with Crippen molar-refractivity contribution in [3.05, 3.63) is 17.7 Å². The summed E-state index contributed by atoms with van der Waals surface area (Å²) in [6.45, 7) is 0. The number of ether oxygens (including phenoxy) is 3. The standard InChI is InChI=1S/C15H23NO3/c1-17-13-9-15(19-3)14(18-2)8-11(13)12(16)7-10-5-4-6-10/h8-10,12H,4-7,16H2,1-3H3. The third-order valence-corrected chi connectivity index (χ3v) is 3.95. The van der Waals surface area contributed by atoms with E-state index in [1.807, 2.05) is 12.1 Å². The monoisotopic (exact) mass is 265 g/mol. The molecule has 2 rings (SSSR count). The molecule has 1 aliphatic rings. The Labute approximate surface area is 114 Å². The maximum Gasteiger partial charge on any atom is 0.164 e. The summed E-state index contributed by atoms with van der Waals surface area (Å²) < 4.78 is 16.0. The van der Waals surface area contributed by atoms with E-state index in [4.69, 9.17) is 19.9 Å². The minimum Gasteiger partial charge on any atom is -0.496 e. The molecule has 0 radical (unpaired) electrons. The Morgan fingerprint density at radius 1 is 1.05 bits per heavy atom. The highest BCUT2D eigenvalue weighted by Crippen LogP contribution is 2.40. The van der Waals surface area contributed by atoms with Crippen molar-refractivity contribution in [1.29, 1.82) is 0 Å². The van der Waals surface area contributed by atoms with E-state index in [1.165, 1.54) is 19.3 Å². The lowest BCUT2D eigenvalue weighted by Gasteiger charge is -2.29. The molecule has 0 amide bonds. The molecular formula is C15H23NO3. The first-order valence-electron chi connectivity index (χ1n) is 6.75. The van der Waals surface area contributed by atoms with Crippen LogP contribution in [0.15, 0.2) is 12.1 Å². The average Bonchev–Trinajstić information content (AvgIpc) is 2.40. The summed E-state index contributed by atoms with van der Waals surface area (Å²) in [4.78, 5) is 0. The molecule has 0 aliphatic heterocycles. The topological polar surface area (TPSA) is 53.7 Å². The van der Waals surface area contributed by atoms with Gasteiger partial charge in [0.2, 0.25) is 0 Å². The first-order valence-corrected chi connectivity index (χ1v) is 6.75. The minimum atomic E-state index is -0.0138. The number of rotatable bonds is 6. The van der Waals surface area contributed by atoms with E-state index in [0.29, 0.717) is 11.5 Å². The predicted octanol–water partition coefficient (Wildman–Crippen LogP) is 2.90. The molecular weight excluding hydrogens is 242 g/mol. The Balaban J connectivity index is 2.25. The lowest BCUT2D eigenvalue weighted by atomic mass is 9.79. The molecule has 1 fully saturated rings. The molecule has 1 saturated carbocycles. The van der Waals surface area contributed by atoms with Crippen molar-refractivity contribution >= 4 is 0 Å². The highest BCUT2D eigenvalue weighted by Gasteiger charge is 2.24. The summed E-state index contributed by atoms with van der Waals surface area (Å²) >= 11 is 0. The van der Waals surface area contributed by atoms with Crippen LogP contribution in [0.25, 0.3) is 0 Å². The van der Waals surface area contributed by atoms with Gasteiger partial charge in [0.25, 0.3) is 0 Å². The number of methoxy groups -OCH3 is 3. The largest absolute Gasteiger partial charge is 0.496 e. The maximum absolute atomic E-state index is 6.32. The number of nitrogens with two attached hydrogens (primary N) is 1. The summed E-state index contributed by atoms with van der Waals surface area (Å²) in [7, 11) is 4.90. The normalized spacial score (nSPS) is 16.6. The molecule has 1 aromatic rings. The van der Waals surface area contributed by atoms with Gasteiger partial charge in [0.15, 0.2) is 11.5 Å². The molecule has 4 heteroatoms. The fraction of sp³-hybridized carbons (Fsp3) is 0.600. The van der Waals surface area contributed by atoms with Crippen LogP contribution in [0, 0.1) is 5.92 Å². The SMILES string of the molecule is COc1cc(OC)c(C(N)CC2CCC2)cc1OC. The Hall–Kier alpha value is -1.42. The van der Waals surface area contributed by atoms with Gasteiger partial charge in [0, 0.05) is 17.7 Å². The van der Waals surface area contributed by atoms with Gasteiger partial charge in [0.1, 0.15) is 5.75 Å². The number of benzene rings is 1. The summed E-state index contributed by atoms with van der Waals surface area (Å²) in [5, 5.41) is 0. The van der Waals surface area contributed by atoms with Crippen molar-refractivity contribution in [2.45, 2.75) is 31.7 Å². The van der Waals surface area contributed by atoms with E-state index in [9.17, 15) is 0 Å². The highest BCUT2D eigenvalue weighted by molar-refractivity contribution is 5.51. The van der Waals surface area contributed by atoms with Crippen molar-refractivity contribution < 1.29 is 14.2 Å². The predicted molar refractivity (Wildman–Crippen MR) is 75.0 cm³/mol. The third kappa shape index (κ3) is 2.95. The van der Waals surface area contributed by atoms with Crippen LogP contribution in [0.1, 0.15) is 37.3 Å². The molecule has 106 valence electrons. The second-order valence-electron chi connectivity index (χ2n) is 5.09. The van der Waals surface area contributed by atoms with Crippen molar-refractivity contribution in [2.24, 2.45) is 11.7 Å². The molecule has 1 unspecified atom stereocenters. The molecule has 0 bridgehead atoms. The zero-order valence-electron chi connectivity index (χ0n) is 11.9. The van der Waals surface area contributed by atoms with Crippen LogP contribution < -0.4 is 19.9 Å². The maximum atomic E-state index is 6.32. The summed E-state index contributed by atoms with van der Waals surface area (Å²) in [6.07, 6.45) is 4.93. The molecule has 0 spiro atoms. The van der Waals surface area contributed by atoms with E-state index < -0.39 is 0 Å². The molecule has 2 N–H and O–H groups in total. The summed E-state index contributed by atoms with van der Waals surface area (Å²) in [5.74, 6) is 2.89. The van der Waals surface area contributed by atoms with Crippen LogP contribution in [0.5, 0.6) is 17.2 Å². The lowest BCUT2D eigenvalue weighted by molar-refractivity contribution is 0.274. The smallest absolute Gasteiger partial charge is 0.164 e. The van der Waals surface area contributed by atoms with Gasteiger partial charge < -0.3 is 19.9 Å².